The van der Waals surface area contributed by atoms with E-state index >= 15 is 0 Å². The molecule has 1 rings (SSSR count). The first-order valence-corrected chi connectivity index (χ1v) is 6.81. The van der Waals surface area contributed by atoms with Gasteiger partial charge in [0.2, 0.25) is 5.91 Å². The Morgan fingerprint density at radius 2 is 2.05 bits per heavy atom. The Balaban J connectivity index is 2.47. The van der Waals surface area contributed by atoms with Crippen LogP contribution in [0, 0.1) is 11.3 Å². The number of hydrogen-bond acceptors (Lipinski definition) is 3. The highest BCUT2D eigenvalue weighted by atomic mass is 16.5. The second kappa shape index (κ2) is 6.37. The highest BCUT2D eigenvalue weighted by Gasteiger charge is 2.29. The van der Waals surface area contributed by atoms with E-state index in [1.165, 1.54) is 0 Å². The Bertz CT molecular complexity index is 335. The van der Waals surface area contributed by atoms with Gasteiger partial charge in [0.15, 0.2) is 6.10 Å². The summed E-state index contributed by atoms with van der Waals surface area (Å²) in [6.07, 6.45) is 0.574. The lowest BCUT2D eigenvalue weighted by molar-refractivity contribution is -0.159. The van der Waals surface area contributed by atoms with Crippen molar-refractivity contribution in [3.05, 3.63) is 0 Å². The zero-order chi connectivity index (χ0) is 14.6. The Kier molecular flexibility index (Phi) is 5.35. The summed E-state index contributed by atoms with van der Waals surface area (Å²) >= 11 is 0. The minimum atomic E-state index is -1.000. The maximum absolute atomic E-state index is 12.1. The van der Waals surface area contributed by atoms with Gasteiger partial charge >= 0.3 is 5.97 Å². The molecule has 19 heavy (non-hydrogen) atoms. The number of amides is 1. The number of carboxylic acid groups (broad SMARTS) is 1. The van der Waals surface area contributed by atoms with Crippen molar-refractivity contribution in [2.45, 2.75) is 46.6 Å². The summed E-state index contributed by atoms with van der Waals surface area (Å²) in [7, 11) is 0. The molecule has 0 aromatic heterocycles. The van der Waals surface area contributed by atoms with Gasteiger partial charge in [0.25, 0.3) is 0 Å². The first-order valence-electron chi connectivity index (χ1n) is 6.81. The van der Waals surface area contributed by atoms with Crippen molar-refractivity contribution >= 4 is 11.9 Å². The molecule has 0 aromatic rings. The first-order chi connectivity index (χ1) is 8.69. The van der Waals surface area contributed by atoms with Crippen molar-refractivity contribution in [3.8, 4) is 0 Å². The zero-order valence-electron chi connectivity index (χ0n) is 12.3. The number of carbonyl (C=O) groups excluding carboxylic acids is 1. The molecule has 2 unspecified atom stereocenters. The molecule has 1 amide bonds. The molecule has 5 heteroatoms. The largest absolute Gasteiger partial charge is 0.479 e. The minimum absolute atomic E-state index is 0.0336. The first kappa shape index (κ1) is 16.0. The lowest BCUT2D eigenvalue weighted by atomic mass is 9.84. The van der Waals surface area contributed by atoms with Gasteiger partial charge in [0.05, 0.1) is 13.2 Å². The number of aliphatic carboxylic acids is 1. The van der Waals surface area contributed by atoms with Crippen LogP contribution in [0.1, 0.15) is 40.5 Å². The lowest BCUT2D eigenvalue weighted by Crippen LogP contribution is -2.48. The molecule has 2 atom stereocenters. The predicted octanol–water partition coefficient (Wildman–Crippen LogP) is 1.76. The molecule has 0 aromatic carbocycles. The molecule has 1 N–H and O–H groups in total. The molecule has 0 bridgehead atoms. The zero-order valence-corrected chi connectivity index (χ0v) is 12.3. The van der Waals surface area contributed by atoms with Gasteiger partial charge in [-0.05, 0) is 17.8 Å². The molecule has 0 saturated carbocycles. The van der Waals surface area contributed by atoms with Gasteiger partial charge in [0.1, 0.15) is 0 Å². The fourth-order valence-corrected chi connectivity index (χ4v) is 2.57. The smallest absolute Gasteiger partial charge is 0.334 e. The molecule has 1 aliphatic rings. The van der Waals surface area contributed by atoms with Crippen molar-refractivity contribution in [1.29, 1.82) is 0 Å². The van der Waals surface area contributed by atoms with Crippen LogP contribution < -0.4 is 0 Å². The molecule has 5 nitrogen and oxygen atoms in total. The molecule has 0 radical (unpaired) electrons. The van der Waals surface area contributed by atoms with E-state index in [0.717, 1.165) is 6.42 Å². The van der Waals surface area contributed by atoms with Gasteiger partial charge in [-0.25, -0.2) is 4.79 Å². The third-order valence-corrected chi connectivity index (χ3v) is 3.18. The summed E-state index contributed by atoms with van der Waals surface area (Å²) in [6, 6.07) is 0. The van der Waals surface area contributed by atoms with Crippen LogP contribution in [0.3, 0.4) is 0 Å². The van der Waals surface area contributed by atoms with Crippen molar-refractivity contribution in [2.24, 2.45) is 11.3 Å². The molecule has 1 fully saturated rings. The Morgan fingerprint density at radius 1 is 1.42 bits per heavy atom. The highest BCUT2D eigenvalue weighted by Crippen LogP contribution is 2.26. The van der Waals surface area contributed by atoms with E-state index in [1.807, 2.05) is 0 Å². The topological polar surface area (TPSA) is 66.8 Å². The van der Waals surface area contributed by atoms with Gasteiger partial charge in [-0.2, -0.15) is 0 Å². The minimum Gasteiger partial charge on any atom is -0.479 e. The number of rotatable bonds is 4. The van der Waals surface area contributed by atoms with Gasteiger partial charge < -0.3 is 14.7 Å². The standard InChI is InChI=1S/C14H25NO4/c1-10(8-14(2,3)4)7-12(16)15-5-6-19-11(9-15)13(17)18/h10-11H,5-9H2,1-4H3,(H,17,18). The number of nitrogens with zero attached hydrogens (tertiary/aromatic N) is 1. The molecule has 1 heterocycles. The second-order valence-electron chi connectivity index (χ2n) is 6.61. The molecule has 110 valence electrons. The van der Waals surface area contributed by atoms with E-state index in [9.17, 15) is 9.59 Å². The van der Waals surface area contributed by atoms with Gasteiger partial charge in [0, 0.05) is 13.0 Å². The van der Waals surface area contributed by atoms with Crippen LogP contribution in [0.4, 0.5) is 0 Å². The number of carboxylic acids is 1. The summed E-state index contributed by atoms with van der Waals surface area (Å²) in [5, 5.41) is 8.91. The van der Waals surface area contributed by atoms with Crippen molar-refractivity contribution < 1.29 is 19.4 Å². The third kappa shape index (κ3) is 5.59. The maximum Gasteiger partial charge on any atom is 0.334 e. The number of morpholine rings is 1. The quantitative estimate of drug-likeness (QED) is 0.846. The Labute approximate surface area is 114 Å². The van der Waals surface area contributed by atoms with E-state index in [2.05, 4.69) is 27.7 Å². The van der Waals surface area contributed by atoms with Crippen molar-refractivity contribution in [2.75, 3.05) is 19.7 Å². The normalized spacial score (nSPS) is 22.1. The summed E-state index contributed by atoms with van der Waals surface area (Å²) < 4.78 is 5.11. The fraction of sp³-hybridized carbons (Fsp3) is 0.857. The molecule has 0 spiro atoms. The monoisotopic (exact) mass is 271 g/mol. The van der Waals surface area contributed by atoms with Crippen LogP contribution in [0.2, 0.25) is 0 Å². The van der Waals surface area contributed by atoms with Gasteiger partial charge in [-0.15, -0.1) is 0 Å². The van der Waals surface area contributed by atoms with Gasteiger partial charge in [-0.3, -0.25) is 4.79 Å². The van der Waals surface area contributed by atoms with Crippen LogP contribution in [-0.2, 0) is 14.3 Å². The van der Waals surface area contributed by atoms with E-state index in [-0.39, 0.29) is 17.9 Å². The SMILES string of the molecule is CC(CC(=O)N1CCOC(C(=O)O)C1)CC(C)(C)C. The molecule has 1 saturated heterocycles. The van der Waals surface area contributed by atoms with Crippen LogP contribution >= 0.6 is 0 Å². The summed E-state index contributed by atoms with van der Waals surface area (Å²) in [5.74, 6) is -0.662. The lowest BCUT2D eigenvalue weighted by Gasteiger charge is -2.32. The third-order valence-electron chi connectivity index (χ3n) is 3.18. The average Bonchev–Trinajstić information content (AvgIpc) is 2.26. The van der Waals surface area contributed by atoms with Crippen LogP contribution in [0.15, 0.2) is 0 Å². The van der Waals surface area contributed by atoms with E-state index in [0.29, 0.717) is 25.5 Å². The van der Waals surface area contributed by atoms with Crippen molar-refractivity contribution in [3.63, 3.8) is 0 Å². The fourth-order valence-electron chi connectivity index (χ4n) is 2.57. The molecule has 0 aliphatic carbocycles. The molecular formula is C14H25NO4. The second-order valence-corrected chi connectivity index (χ2v) is 6.61. The summed E-state index contributed by atoms with van der Waals surface area (Å²) in [5.41, 5.74) is 0.203. The van der Waals surface area contributed by atoms with E-state index < -0.39 is 12.1 Å². The molecular weight excluding hydrogens is 246 g/mol. The number of hydrogen-bond donors (Lipinski definition) is 1. The van der Waals surface area contributed by atoms with Crippen LogP contribution in [0.5, 0.6) is 0 Å². The van der Waals surface area contributed by atoms with Crippen LogP contribution in [0.25, 0.3) is 0 Å². The summed E-state index contributed by atoms with van der Waals surface area (Å²) in [6.45, 7) is 9.49. The maximum atomic E-state index is 12.1. The van der Waals surface area contributed by atoms with Crippen molar-refractivity contribution in [1.82, 2.24) is 4.90 Å². The van der Waals surface area contributed by atoms with E-state index in [1.54, 1.807) is 4.90 Å². The molecule has 1 aliphatic heterocycles. The van der Waals surface area contributed by atoms with E-state index in [4.69, 9.17) is 9.84 Å². The average molecular weight is 271 g/mol. The highest BCUT2D eigenvalue weighted by molar-refractivity contribution is 5.78. The number of carbonyl (C=O) groups is 2. The van der Waals surface area contributed by atoms with Gasteiger partial charge in [-0.1, -0.05) is 27.7 Å². The van der Waals surface area contributed by atoms with Crippen LogP contribution in [-0.4, -0.2) is 47.7 Å². The summed E-state index contributed by atoms with van der Waals surface area (Å²) in [4.78, 5) is 24.6. The predicted molar refractivity (Wildman–Crippen MR) is 71.8 cm³/mol. The Hall–Kier alpha value is -1.10. The Morgan fingerprint density at radius 3 is 2.58 bits per heavy atom. The number of ether oxygens (including phenoxy) is 1.